The first-order valence-electron chi connectivity index (χ1n) is 6.68. The standard InChI is InChI=1S/C13H21N3O2S/c1-10-4-2-5-11(10)9-16-19(17,18)13-6-3-7-15-12(13)8-14/h3,6-7,10-11,16H,2,4-5,8-9,14H2,1H3. The lowest BCUT2D eigenvalue weighted by Gasteiger charge is -2.16. The van der Waals surface area contributed by atoms with Crippen LogP contribution < -0.4 is 10.5 Å². The van der Waals surface area contributed by atoms with Gasteiger partial charge in [-0.1, -0.05) is 19.8 Å². The lowest BCUT2D eigenvalue weighted by molar-refractivity contribution is 0.414. The van der Waals surface area contributed by atoms with Gasteiger partial charge in [-0.25, -0.2) is 13.1 Å². The van der Waals surface area contributed by atoms with Crippen molar-refractivity contribution in [2.24, 2.45) is 17.6 Å². The molecule has 1 aliphatic carbocycles. The van der Waals surface area contributed by atoms with E-state index in [0.29, 0.717) is 24.1 Å². The number of pyridine rings is 1. The maximum Gasteiger partial charge on any atom is 0.242 e. The van der Waals surface area contributed by atoms with Crippen molar-refractivity contribution in [1.29, 1.82) is 0 Å². The van der Waals surface area contributed by atoms with Gasteiger partial charge in [0.15, 0.2) is 0 Å². The highest BCUT2D eigenvalue weighted by molar-refractivity contribution is 7.89. The lowest BCUT2D eigenvalue weighted by atomic mass is 9.99. The molecule has 0 aromatic carbocycles. The average molecular weight is 283 g/mol. The van der Waals surface area contributed by atoms with Crippen LogP contribution in [0.4, 0.5) is 0 Å². The fourth-order valence-electron chi connectivity index (χ4n) is 2.64. The first-order chi connectivity index (χ1) is 9.04. The molecule has 1 aromatic heterocycles. The Balaban J connectivity index is 2.09. The van der Waals surface area contributed by atoms with Crippen LogP contribution in [0, 0.1) is 11.8 Å². The molecule has 1 aliphatic rings. The highest BCUT2D eigenvalue weighted by Gasteiger charge is 2.26. The summed E-state index contributed by atoms with van der Waals surface area (Å²) in [5.41, 5.74) is 5.94. The second-order valence-corrected chi connectivity index (χ2v) is 6.91. The summed E-state index contributed by atoms with van der Waals surface area (Å²) in [6.45, 7) is 2.81. The topological polar surface area (TPSA) is 85.1 Å². The summed E-state index contributed by atoms with van der Waals surface area (Å²) < 4.78 is 27.2. The van der Waals surface area contributed by atoms with Crippen LogP contribution >= 0.6 is 0 Å². The summed E-state index contributed by atoms with van der Waals surface area (Å²) >= 11 is 0. The fraction of sp³-hybridized carbons (Fsp3) is 0.615. The molecule has 5 nitrogen and oxygen atoms in total. The van der Waals surface area contributed by atoms with Crippen molar-refractivity contribution in [2.45, 2.75) is 37.6 Å². The Bertz CT molecular complexity index is 530. The van der Waals surface area contributed by atoms with Gasteiger partial charge in [0.05, 0.1) is 5.69 Å². The van der Waals surface area contributed by atoms with Gasteiger partial charge < -0.3 is 5.73 Å². The predicted octanol–water partition coefficient (Wildman–Crippen LogP) is 1.25. The summed E-state index contributed by atoms with van der Waals surface area (Å²) in [5.74, 6) is 1.03. The monoisotopic (exact) mass is 283 g/mol. The molecule has 1 fully saturated rings. The van der Waals surface area contributed by atoms with Crippen LogP contribution in [0.25, 0.3) is 0 Å². The van der Waals surface area contributed by atoms with Gasteiger partial charge in [0, 0.05) is 19.3 Å². The summed E-state index contributed by atoms with van der Waals surface area (Å²) in [6, 6.07) is 3.17. The third-order valence-electron chi connectivity index (χ3n) is 3.91. The number of sulfonamides is 1. The van der Waals surface area contributed by atoms with Crippen LogP contribution in [0.5, 0.6) is 0 Å². The van der Waals surface area contributed by atoms with Gasteiger partial charge in [0.25, 0.3) is 0 Å². The van der Waals surface area contributed by atoms with E-state index in [4.69, 9.17) is 5.73 Å². The molecule has 6 heteroatoms. The molecule has 0 aliphatic heterocycles. The molecule has 2 rings (SSSR count). The second-order valence-electron chi connectivity index (χ2n) is 5.17. The molecule has 1 heterocycles. The Hall–Kier alpha value is -0.980. The molecule has 2 unspecified atom stereocenters. The minimum atomic E-state index is -3.51. The van der Waals surface area contributed by atoms with Gasteiger partial charge >= 0.3 is 0 Å². The van der Waals surface area contributed by atoms with Crippen molar-refractivity contribution in [2.75, 3.05) is 6.54 Å². The number of hydrogen-bond acceptors (Lipinski definition) is 4. The minimum Gasteiger partial charge on any atom is -0.325 e. The SMILES string of the molecule is CC1CCCC1CNS(=O)(=O)c1cccnc1CN. The maximum absolute atomic E-state index is 12.3. The molecule has 1 saturated carbocycles. The molecule has 0 radical (unpaired) electrons. The maximum atomic E-state index is 12.3. The third kappa shape index (κ3) is 3.32. The van der Waals surface area contributed by atoms with E-state index in [-0.39, 0.29) is 11.4 Å². The van der Waals surface area contributed by atoms with Gasteiger partial charge in [-0.15, -0.1) is 0 Å². The number of nitrogens with one attached hydrogen (secondary N) is 1. The Morgan fingerprint density at radius 3 is 2.89 bits per heavy atom. The van der Waals surface area contributed by atoms with Crippen LogP contribution in [-0.2, 0) is 16.6 Å². The summed E-state index contributed by atoms with van der Waals surface area (Å²) in [6.07, 6.45) is 5.03. The van der Waals surface area contributed by atoms with Gasteiger partial charge in [-0.3, -0.25) is 4.98 Å². The van der Waals surface area contributed by atoms with Gasteiger partial charge in [-0.05, 0) is 30.4 Å². The zero-order valence-electron chi connectivity index (χ0n) is 11.2. The van der Waals surface area contributed by atoms with Crippen LogP contribution in [-0.4, -0.2) is 19.9 Å². The van der Waals surface area contributed by atoms with Crippen LogP contribution in [0.2, 0.25) is 0 Å². The first kappa shape index (κ1) is 14.4. The molecular weight excluding hydrogens is 262 g/mol. The molecule has 106 valence electrons. The number of rotatable bonds is 5. The molecule has 0 spiro atoms. The smallest absolute Gasteiger partial charge is 0.242 e. The Labute approximate surface area is 114 Å². The van der Waals surface area contributed by atoms with Gasteiger partial charge in [-0.2, -0.15) is 0 Å². The average Bonchev–Trinajstić information content (AvgIpc) is 2.82. The number of aromatic nitrogens is 1. The van der Waals surface area contributed by atoms with Crippen LogP contribution in [0.15, 0.2) is 23.2 Å². The van der Waals surface area contributed by atoms with E-state index < -0.39 is 10.0 Å². The molecule has 0 bridgehead atoms. The van der Waals surface area contributed by atoms with Crippen molar-refractivity contribution in [3.63, 3.8) is 0 Å². The zero-order chi connectivity index (χ0) is 13.9. The van der Waals surface area contributed by atoms with Crippen LogP contribution in [0.3, 0.4) is 0 Å². The highest BCUT2D eigenvalue weighted by atomic mass is 32.2. The number of hydrogen-bond donors (Lipinski definition) is 2. The first-order valence-corrected chi connectivity index (χ1v) is 8.16. The van der Waals surface area contributed by atoms with Crippen LogP contribution in [0.1, 0.15) is 31.9 Å². The predicted molar refractivity (Wildman–Crippen MR) is 73.8 cm³/mol. The van der Waals surface area contributed by atoms with E-state index >= 15 is 0 Å². The molecule has 0 amide bonds. The molecule has 2 atom stereocenters. The highest BCUT2D eigenvalue weighted by Crippen LogP contribution is 2.30. The summed E-state index contributed by atoms with van der Waals surface area (Å²) in [7, 11) is -3.51. The number of nitrogens with zero attached hydrogens (tertiary/aromatic N) is 1. The van der Waals surface area contributed by atoms with Crippen molar-refractivity contribution < 1.29 is 8.42 Å². The van der Waals surface area contributed by atoms with Crippen molar-refractivity contribution in [3.05, 3.63) is 24.0 Å². The Kier molecular flexibility index (Phi) is 4.54. The molecule has 3 N–H and O–H groups in total. The van der Waals surface area contributed by atoms with E-state index in [0.717, 1.165) is 6.42 Å². The molecule has 19 heavy (non-hydrogen) atoms. The van der Waals surface area contributed by atoms with Crippen molar-refractivity contribution >= 4 is 10.0 Å². The summed E-state index contributed by atoms with van der Waals surface area (Å²) in [4.78, 5) is 4.21. The third-order valence-corrected chi connectivity index (χ3v) is 5.40. The minimum absolute atomic E-state index is 0.122. The second kappa shape index (κ2) is 5.98. The zero-order valence-corrected chi connectivity index (χ0v) is 12.0. The van der Waals surface area contributed by atoms with E-state index in [1.165, 1.54) is 12.8 Å². The summed E-state index contributed by atoms with van der Waals surface area (Å²) in [5, 5.41) is 0. The molecular formula is C13H21N3O2S. The largest absolute Gasteiger partial charge is 0.325 e. The Morgan fingerprint density at radius 1 is 1.47 bits per heavy atom. The Morgan fingerprint density at radius 2 is 2.26 bits per heavy atom. The normalized spacial score (nSPS) is 23.7. The van der Waals surface area contributed by atoms with Crippen molar-refractivity contribution in [3.8, 4) is 0 Å². The lowest BCUT2D eigenvalue weighted by Crippen LogP contribution is -2.31. The van der Waals surface area contributed by atoms with Gasteiger partial charge in [0.2, 0.25) is 10.0 Å². The quantitative estimate of drug-likeness (QED) is 0.852. The van der Waals surface area contributed by atoms with E-state index in [9.17, 15) is 8.42 Å². The fourth-order valence-corrected chi connectivity index (χ4v) is 3.93. The molecule has 1 aromatic rings. The van der Waals surface area contributed by atoms with E-state index in [1.54, 1.807) is 18.3 Å². The number of nitrogens with two attached hydrogens (primary N) is 1. The van der Waals surface area contributed by atoms with E-state index in [2.05, 4.69) is 16.6 Å². The van der Waals surface area contributed by atoms with E-state index in [1.807, 2.05) is 0 Å². The van der Waals surface area contributed by atoms with Gasteiger partial charge in [0.1, 0.15) is 4.90 Å². The molecule has 0 saturated heterocycles. The van der Waals surface area contributed by atoms with Crippen molar-refractivity contribution in [1.82, 2.24) is 9.71 Å².